The Hall–Kier alpha value is -8.34. The highest BCUT2D eigenvalue weighted by Gasteiger charge is 2.80. The largest absolute Gasteiger partial charge is 0.502 e. The Morgan fingerprint density at radius 3 is 1.18 bits per heavy atom. The molecule has 4 bridgehead atoms. The summed E-state index contributed by atoms with van der Waals surface area (Å²) in [7, 11) is 0. The van der Waals surface area contributed by atoms with Crippen molar-refractivity contribution >= 4 is 47.4 Å². The molecule has 4 aromatic carbocycles. The van der Waals surface area contributed by atoms with Gasteiger partial charge in [0.05, 0.1) is 78.2 Å². The summed E-state index contributed by atoms with van der Waals surface area (Å²) in [6.45, 7) is 28.7. The second kappa shape index (κ2) is 44.7. The first kappa shape index (κ1) is 104. The second-order valence-corrected chi connectivity index (χ2v) is 39.2. The van der Waals surface area contributed by atoms with Gasteiger partial charge >= 0.3 is 35.8 Å². The van der Waals surface area contributed by atoms with Crippen LogP contribution in [0.15, 0.2) is 156 Å². The molecule has 130 heavy (non-hydrogen) atoms. The van der Waals surface area contributed by atoms with Crippen molar-refractivity contribution in [2.75, 3.05) is 19.8 Å². The van der Waals surface area contributed by atoms with Gasteiger partial charge in [0, 0.05) is 62.2 Å². The van der Waals surface area contributed by atoms with Crippen LogP contribution in [0.1, 0.15) is 302 Å². The number of carbonyl (C=O) groups is 8. The highest BCUT2D eigenvalue weighted by atomic mass is 16.6. The Morgan fingerprint density at radius 1 is 0.485 bits per heavy atom. The molecule has 8 aliphatic rings. The van der Waals surface area contributed by atoms with Crippen LogP contribution in [0, 0.1) is 33.5 Å². The Labute approximate surface area is 768 Å². The first-order valence-corrected chi connectivity index (χ1v) is 47.6. The van der Waals surface area contributed by atoms with Crippen molar-refractivity contribution in [2.45, 2.75) is 372 Å². The zero-order chi connectivity index (χ0) is 95.1. The normalized spacial score (nSPS) is 31.3. The van der Waals surface area contributed by atoms with E-state index in [0.29, 0.717) is 11.1 Å². The van der Waals surface area contributed by atoms with Gasteiger partial charge in [0.2, 0.25) is 0 Å². The first-order chi connectivity index (χ1) is 61.7. The lowest BCUT2D eigenvalue weighted by atomic mass is 9.44. The predicted octanol–water partition coefficient (Wildman–Crippen LogP) is 16.0. The number of esters is 6. The molecule has 716 valence electrons. The molecule has 0 radical (unpaired) electrons. The number of fused-ring (bicyclic) bond motifs is 10. The summed E-state index contributed by atoms with van der Waals surface area (Å²) in [6, 6.07) is 34.6. The minimum Gasteiger partial charge on any atom is -0.502 e. The molecule has 2 aliphatic heterocycles. The standard InChI is InChI=1S/C60H88O12.C39H46O12.C6H12O/c1-9-10-11-12-13-14-15-16-17-18-19-20-21-22-23-24-27-32-40(2)69-51(41(3)44-33-28-25-29-34-44)56(66)70-46-38-60(67)54(71-55(65)45-35-30-26-31-36-45)52-58(8,53(64)50(63)49(42(46)4)57(60,6)7)47(62)37-48-59(52,39-68-48)72-43(5)61;1-20(23-13-9-7-10-14-23)29(42)35(46)49-25-18-39(47)33(50-34(45)24-15-11-8-12-16-24)31-37(6,32(44)30(43)28(21(25)2)36(39,4)5)26(41)17-27-38(31,19-48-27)51-22(3)40;1-3-5-6-7-4-2/h25-26,28-31,33-36,40-41,46-48,50-52,54,62-63,67H,9-24,27,32,37-39H2,1-8H3;7-16,20,25-27,29-31,33,41-43,47H,17-19H2,1-6H3;4H,2-3,5-6H2,1H3/t40?,41-,46-,47-,48+,50+,51+,52-,54-,58+,59-,60+;20-,25-,26-,27+,29+,30+,31-,33-,37+,38-,39+;/m00./s1. The molecule has 6 aliphatic carbocycles. The third-order valence-corrected chi connectivity index (χ3v) is 30.2. The van der Waals surface area contributed by atoms with E-state index in [-0.39, 0.29) is 66.4 Å². The van der Waals surface area contributed by atoms with Crippen LogP contribution >= 0.6 is 0 Å². The third-order valence-electron chi connectivity index (χ3n) is 30.2. The summed E-state index contributed by atoms with van der Waals surface area (Å²) < 4.78 is 60.5. The fourth-order valence-electron chi connectivity index (χ4n) is 22.2. The van der Waals surface area contributed by atoms with Crippen LogP contribution in [0.25, 0.3) is 0 Å². The molecule has 23 atom stereocenters. The van der Waals surface area contributed by atoms with E-state index in [1.54, 1.807) is 127 Å². The van der Waals surface area contributed by atoms with Gasteiger partial charge in [-0.25, -0.2) is 19.2 Å². The van der Waals surface area contributed by atoms with E-state index in [2.05, 4.69) is 20.4 Å². The van der Waals surface area contributed by atoms with E-state index in [4.69, 9.17) is 47.4 Å². The van der Waals surface area contributed by atoms with E-state index < -0.39 is 195 Å². The minimum atomic E-state index is -2.24. The molecule has 0 amide bonds. The van der Waals surface area contributed by atoms with Gasteiger partial charge in [0.15, 0.2) is 35.0 Å². The van der Waals surface area contributed by atoms with Crippen molar-refractivity contribution in [1.29, 1.82) is 0 Å². The molecule has 25 heteroatoms. The molecule has 12 rings (SSSR count). The third kappa shape index (κ3) is 21.4. The van der Waals surface area contributed by atoms with Crippen molar-refractivity contribution in [3.05, 3.63) is 179 Å². The molecular weight excluding hydrogens is 1660 g/mol. The fourth-order valence-corrected chi connectivity index (χ4v) is 22.2. The van der Waals surface area contributed by atoms with Crippen LogP contribution in [0.2, 0.25) is 0 Å². The molecule has 2 saturated heterocycles. The van der Waals surface area contributed by atoms with Gasteiger partial charge in [-0.2, -0.15) is 0 Å². The number of hydrogen-bond acceptors (Lipinski definition) is 25. The molecule has 4 saturated carbocycles. The number of benzene rings is 4. The lowest BCUT2D eigenvalue weighted by molar-refractivity contribution is -0.346. The van der Waals surface area contributed by atoms with E-state index in [1.807, 2.05) is 44.2 Å². The number of aliphatic hydroxyl groups excluding tert-OH is 5. The van der Waals surface area contributed by atoms with Gasteiger partial charge in [-0.3, -0.25) is 19.2 Å². The Balaban J connectivity index is 0.000000263. The maximum absolute atomic E-state index is 15.2. The Morgan fingerprint density at radius 2 is 0.831 bits per heavy atom. The van der Waals surface area contributed by atoms with Crippen LogP contribution in [0.5, 0.6) is 0 Å². The number of ketones is 2. The minimum absolute atomic E-state index is 0.0193. The van der Waals surface area contributed by atoms with Crippen LogP contribution < -0.4 is 0 Å². The molecule has 1 unspecified atom stereocenters. The lowest BCUT2D eigenvalue weighted by Crippen LogP contribution is -2.81. The van der Waals surface area contributed by atoms with Crippen LogP contribution in [-0.4, -0.2) is 205 Å². The maximum atomic E-state index is 15.2. The predicted molar refractivity (Wildman–Crippen MR) is 488 cm³/mol. The Kier molecular flexibility index (Phi) is 35.7. The van der Waals surface area contributed by atoms with E-state index >= 15 is 4.79 Å². The summed E-state index contributed by atoms with van der Waals surface area (Å²) in [4.78, 5) is 113. The summed E-state index contributed by atoms with van der Waals surface area (Å²) in [5.74, 6) is -10.5. The van der Waals surface area contributed by atoms with Gasteiger partial charge < -0.3 is 83.1 Å². The molecule has 4 aromatic rings. The number of unbranched alkanes of at least 4 members (excludes halogenated alkanes) is 17. The van der Waals surface area contributed by atoms with Crippen molar-refractivity contribution in [1.82, 2.24) is 0 Å². The number of rotatable bonds is 38. The molecule has 7 N–H and O–H groups in total. The monoisotopic (exact) mass is 1810 g/mol. The number of carbonyl (C=O) groups excluding carboxylic acids is 8. The smallest absolute Gasteiger partial charge is 0.338 e. The number of ether oxygens (including phenoxy) is 10. The topological polar surface area (TPSA) is 370 Å². The van der Waals surface area contributed by atoms with E-state index in [1.165, 1.54) is 142 Å². The van der Waals surface area contributed by atoms with Gasteiger partial charge in [-0.15, -0.1) is 0 Å². The summed E-state index contributed by atoms with van der Waals surface area (Å²) in [6.07, 6.45) is 7.78. The van der Waals surface area contributed by atoms with Crippen LogP contribution in [-0.2, 0) is 76.1 Å². The van der Waals surface area contributed by atoms with E-state index in [9.17, 15) is 69.3 Å². The highest BCUT2D eigenvalue weighted by molar-refractivity contribution is 5.96. The molecule has 25 nitrogen and oxygen atoms in total. The van der Waals surface area contributed by atoms with Gasteiger partial charge in [0.25, 0.3) is 0 Å². The lowest BCUT2D eigenvalue weighted by Gasteiger charge is -2.67. The van der Waals surface area contributed by atoms with Crippen molar-refractivity contribution < 1.29 is 121 Å². The van der Waals surface area contributed by atoms with Crippen molar-refractivity contribution in [3.63, 3.8) is 0 Å². The zero-order valence-corrected chi connectivity index (χ0v) is 79.2. The second-order valence-electron chi connectivity index (χ2n) is 39.2. The number of Topliss-reactive ketones (excluding diaryl/α,β-unsaturated/α-hetero) is 2. The van der Waals surface area contributed by atoms with Crippen LogP contribution in [0.4, 0.5) is 0 Å². The number of aliphatic hydroxyl groups is 7. The van der Waals surface area contributed by atoms with Crippen molar-refractivity contribution in [2.24, 2.45) is 33.5 Å². The summed E-state index contributed by atoms with van der Waals surface area (Å²) in [5, 5.41) is 86.4. The van der Waals surface area contributed by atoms with Gasteiger partial charge in [-0.05, 0) is 105 Å². The Bertz CT molecular complexity index is 4550. The number of hydrogen-bond donors (Lipinski definition) is 7. The zero-order valence-electron chi connectivity index (χ0n) is 79.2. The van der Waals surface area contributed by atoms with Crippen LogP contribution in [0.3, 0.4) is 0 Å². The quantitative estimate of drug-likeness (QED) is 0.00720. The molecule has 0 aromatic heterocycles. The summed E-state index contributed by atoms with van der Waals surface area (Å²) >= 11 is 0. The average Bonchev–Trinajstić information content (AvgIpc) is 0.672. The fraction of sp³-hybridized carbons (Fsp3) is 0.638. The highest BCUT2D eigenvalue weighted by Crippen LogP contribution is 2.67. The average molecular weight is 1810 g/mol. The molecule has 2 heterocycles. The first-order valence-electron chi connectivity index (χ1n) is 47.6. The summed E-state index contributed by atoms with van der Waals surface area (Å²) in [5.41, 5.74) is -12.2. The molecule has 6 fully saturated rings. The van der Waals surface area contributed by atoms with E-state index in [0.717, 1.165) is 44.3 Å². The van der Waals surface area contributed by atoms with Gasteiger partial charge in [0.1, 0.15) is 60.0 Å². The maximum Gasteiger partial charge on any atom is 0.338 e. The van der Waals surface area contributed by atoms with Crippen molar-refractivity contribution in [3.8, 4) is 0 Å². The molecule has 0 spiro atoms. The molecular formula is C105H146O25. The SMILES string of the molecule is C=COCCCC.CC(=O)O[C@@]12CO[C@@H]1C[C@H](O)[C@@]1(C)C(=O)[C@H](O)C3=C(C)[C@@H](OC(=O)[C@H](O)[C@@H](C)c4ccccc4)C[C@@](O)([C@@H](OC(=O)c4ccccc4)[C@H]21)C3(C)C.CCCCCCCCCCCCCCCCCCCC(C)O[C@@H](C(=O)O[C@H]1C[C@@]2(O)[C@@H](OC(=O)c3ccccc3)[C@@H]3[C@]4(OC(C)=O)CO[C@@H]4C[C@H](O)[C@@]3(C)C(=O)[C@H](O)C(=C1C)C2(C)C)[C@@H](C)c1ccccc1. The van der Waals surface area contributed by atoms with Gasteiger partial charge in [-0.1, -0.05) is 275 Å².